The molecule has 130 valence electrons. The summed E-state index contributed by atoms with van der Waals surface area (Å²) in [5, 5.41) is 9.66. The Labute approximate surface area is 148 Å². The second-order valence-corrected chi connectivity index (χ2v) is 5.86. The second kappa shape index (κ2) is 7.85. The van der Waals surface area contributed by atoms with E-state index in [0.717, 1.165) is 5.69 Å². The second-order valence-electron chi connectivity index (χ2n) is 5.07. The number of benzene rings is 1. The number of aromatic nitrogens is 2. The first kappa shape index (κ1) is 18.5. The van der Waals surface area contributed by atoms with Gasteiger partial charge < -0.3 is 10.6 Å². The Kier molecular flexibility index (Phi) is 6.06. The van der Waals surface area contributed by atoms with Crippen molar-refractivity contribution in [1.82, 2.24) is 15.1 Å². The molecule has 4 nitrogen and oxygen atoms in total. The van der Waals surface area contributed by atoms with E-state index in [9.17, 15) is 13.2 Å². The maximum absolute atomic E-state index is 12.7. The molecule has 9 heteroatoms. The molecule has 0 unspecified atom stereocenters. The topological polar surface area (TPSA) is 41.9 Å². The average Bonchev–Trinajstić information content (AvgIpc) is 2.81. The van der Waals surface area contributed by atoms with Crippen molar-refractivity contribution < 1.29 is 13.2 Å². The third kappa shape index (κ3) is 4.85. The molecular formula is C15H16ClF3N4S. The largest absolute Gasteiger partial charge is 0.436 e. The SMILES string of the molecule is Cc1c(Cl)c(C(F)(F)F)nn1CCCNC(=S)Nc1ccccc1. The van der Waals surface area contributed by atoms with E-state index in [1.165, 1.54) is 11.6 Å². The first-order chi connectivity index (χ1) is 11.3. The summed E-state index contributed by atoms with van der Waals surface area (Å²) in [7, 11) is 0. The van der Waals surface area contributed by atoms with Crippen LogP contribution in [0.3, 0.4) is 0 Å². The molecule has 0 aliphatic heterocycles. The fraction of sp³-hybridized carbons (Fsp3) is 0.333. The van der Waals surface area contributed by atoms with Gasteiger partial charge in [0.15, 0.2) is 10.8 Å². The van der Waals surface area contributed by atoms with Crippen molar-refractivity contribution in [2.24, 2.45) is 0 Å². The summed E-state index contributed by atoms with van der Waals surface area (Å²) in [6.45, 7) is 2.32. The zero-order valence-corrected chi connectivity index (χ0v) is 14.4. The highest BCUT2D eigenvalue weighted by atomic mass is 35.5. The molecule has 0 saturated carbocycles. The summed E-state index contributed by atoms with van der Waals surface area (Å²) < 4.78 is 39.5. The molecule has 1 aromatic carbocycles. The van der Waals surface area contributed by atoms with Crippen molar-refractivity contribution in [2.75, 3.05) is 11.9 Å². The number of halogens is 4. The third-order valence-corrected chi connectivity index (χ3v) is 3.96. The monoisotopic (exact) mass is 376 g/mol. The van der Waals surface area contributed by atoms with Crippen molar-refractivity contribution in [2.45, 2.75) is 26.1 Å². The molecule has 0 saturated heterocycles. The number of aryl methyl sites for hydroxylation is 1. The number of hydrogen-bond donors (Lipinski definition) is 2. The van der Waals surface area contributed by atoms with Crippen LogP contribution in [0.4, 0.5) is 18.9 Å². The molecular weight excluding hydrogens is 361 g/mol. The van der Waals surface area contributed by atoms with Gasteiger partial charge in [0.2, 0.25) is 0 Å². The standard InChI is InChI=1S/C15H16ClF3N4S/c1-10-12(16)13(15(17,18)19)22-23(10)9-5-8-20-14(24)21-11-6-3-2-4-7-11/h2-4,6-7H,5,8-9H2,1H3,(H2,20,21,24). The van der Waals surface area contributed by atoms with Crippen LogP contribution in [0.2, 0.25) is 5.02 Å². The van der Waals surface area contributed by atoms with E-state index in [4.69, 9.17) is 23.8 Å². The van der Waals surface area contributed by atoms with Gasteiger partial charge in [-0.05, 0) is 37.7 Å². The molecule has 0 aliphatic rings. The minimum Gasteiger partial charge on any atom is -0.362 e. The normalized spacial score (nSPS) is 11.4. The fourth-order valence-corrected chi connectivity index (χ4v) is 2.51. The summed E-state index contributed by atoms with van der Waals surface area (Å²) in [5.41, 5.74) is 0.115. The highest BCUT2D eigenvalue weighted by Gasteiger charge is 2.38. The minimum absolute atomic E-state index is 0.300. The molecule has 0 aliphatic carbocycles. The first-order valence-electron chi connectivity index (χ1n) is 7.19. The van der Waals surface area contributed by atoms with Gasteiger partial charge in [-0.15, -0.1) is 0 Å². The van der Waals surface area contributed by atoms with Crippen LogP contribution in [0.25, 0.3) is 0 Å². The van der Waals surface area contributed by atoms with E-state index in [1.54, 1.807) is 0 Å². The Balaban J connectivity index is 1.81. The zero-order chi connectivity index (χ0) is 17.7. The number of anilines is 1. The highest BCUT2D eigenvalue weighted by molar-refractivity contribution is 7.80. The highest BCUT2D eigenvalue weighted by Crippen LogP contribution is 2.35. The number of alkyl halides is 3. The van der Waals surface area contributed by atoms with E-state index in [-0.39, 0.29) is 5.02 Å². The van der Waals surface area contributed by atoms with Gasteiger partial charge in [-0.1, -0.05) is 29.8 Å². The maximum Gasteiger partial charge on any atom is 0.436 e. The van der Waals surface area contributed by atoms with E-state index in [0.29, 0.717) is 30.3 Å². The Hall–Kier alpha value is -1.80. The van der Waals surface area contributed by atoms with Gasteiger partial charge in [-0.3, -0.25) is 4.68 Å². The van der Waals surface area contributed by atoms with Crippen molar-refractivity contribution in [3.8, 4) is 0 Å². The Morgan fingerprint density at radius 2 is 1.96 bits per heavy atom. The summed E-state index contributed by atoms with van der Waals surface area (Å²) >= 11 is 10.9. The molecule has 0 amide bonds. The van der Waals surface area contributed by atoms with E-state index < -0.39 is 11.9 Å². The van der Waals surface area contributed by atoms with Crippen LogP contribution in [0.5, 0.6) is 0 Å². The average molecular weight is 377 g/mol. The van der Waals surface area contributed by atoms with Crippen LogP contribution in [-0.2, 0) is 12.7 Å². The van der Waals surface area contributed by atoms with Crippen LogP contribution < -0.4 is 10.6 Å². The lowest BCUT2D eigenvalue weighted by Crippen LogP contribution is -2.29. The number of nitrogens with zero attached hydrogens (tertiary/aromatic N) is 2. The molecule has 0 spiro atoms. The van der Waals surface area contributed by atoms with Gasteiger partial charge in [0.25, 0.3) is 0 Å². The first-order valence-corrected chi connectivity index (χ1v) is 7.97. The summed E-state index contributed by atoms with van der Waals surface area (Å²) in [6, 6.07) is 9.42. The molecule has 24 heavy (non-hydrogen) atoms. The number of thiocarbonyl (C=S) groups is 1. The lowest BCUT2D eigenvalue weighted by molar-refractivity contribution is -0.141. The van der Waals surface area contributed by atoms with E-state index in [2.05, 4.69) is 15.7 Å². The quantitative estimate of drug-likeness (QED) is 0.605. The zero-order valence-electron chi connectivity index (χ0n) is 12.8. The molecule has 2 rings (SSSR count). The number of rotatable bonds is 5. The molecule has 0 radical (unpaired) electrons. The van der Waals surface area contributed by atoms with Crippen LogP contribution in [0, 0.1) is 6.92 Å². The Morgan fingerprint density at radius 1 is 1.29 bits per heavy atom. The predicted molar refractivity (Wildman–Crippen MR) is 92.3 cm³/mol. The lowest BCUT2D eigenvalue weighted by atomic mass is 10.3. The lowest BCUT2D eigenvalue weighted by Gasteiger charge is -2.10. The van der Waals surface area contributed by atoms with Crippen LogP contribution in [0.1, 0.15) is 17.8 Å². The van der Waals surface area contributed by atoms with Gasteiger partial charge in [-0.2, -0.15) is 18.3 Å². The van der Waals surface area contributed by atoms with Gasteiger partial charge in [0, 0.05) is 18.8 Å². The van der Waals surface area contributed by atoms with Crippen molar-refractivity contribution in [3.63, 3.8) is 0 Å². The van der Waals surface area contributed by atoms with Gasteiger partial charge in [0.1, 0.15) is 0 Å². The van der Waals surface area contributed by atoms with Gasteiger partial charge >= 0.3 is 6.18 Å². The third-order valence-electron chi connectivity index (χ3n) is 3.27. The molecule has 0 bridgehead atoms. The van der Waals surface area contributed by atoms with Crippen molar-refractivity contribution in [1.29, 1.82) is 0 Å². The molecule has 1 aromatic heterocycles. The van der Waals surface area contributed by atoms with Crippen molar-refractivity contribution in [3.05, 3.63) is 46.7 Å². The van der Waals surface area contributed by atoms with Crippen LogP contribution >= 0.6 is 23.8 Å². The number of hydrogen-bond acceptors (Lipinski definition) is 2. The maximum atomic E-state index is 12.7. The summed E-state index contributed by atoms with van der Waals surface area (Å²) in [5.74, 6) is 0. The van der Waals surface area contributed by atoms with E-state index >= 15 is 0 Å². The summed E-state index contributed by atoms with van der Waals surface area (Å²) in [4.78, 5) is 0. The van der Waals surface area contributed by atoms with Gasteiger partial charge in [0.05, 0.1) is 10.7 Å². The number of nitrogens with one attached hydrogen (secondary N) is 2. The van der Waals surface area contributed by atoms with Crippen LogP contribution in [-0.4, -0.2) is 21.4 Å². The molecule has 0 atom stereocenters. The smallest absolute Gasteiger partial charge is 0.362 e. The van der Waals surface area contributed by atoms with Crippen LogP contribution in [0.15, 0.2) is 30.3 Å². The predicted octanol–water partition coefficient (Wildman–Crippen LogP) is 4.24. The molecule has 2 N–H and O–H groups in total. The Bertz CT molecular complexity index is 701. The minimum atomic E-state index is -4.55. The Morgan fingerprint density at radius 3 is 2.54 bits per heavy atom. The fourth-order valence-electron chi connectivity index (χ4n) is 2.05. The van der Waals surface area contributed by atoms with Crippen molar-refractivity contribution >= 4 is 34.6 Å². The molecule has 1 heterocycles. The summed E-state index contributed by atoms with van der Waals surface area (Å²) in [6.07, 6.45) is -4.00. The number of para-hydroxylation sites is 1. The van der Waals surface area contributed by atoms with Gasteiger partial charge in [-0.25, -0.2) is 0 Å². The van der Waals surface area contributed by atoms with E-state index in [1.807, 2.05) is 30.3 Å². The molecule has 2 aromatic rings. The molecule has 0 fully saturated rings.